The second kappa shape index (κ2) is 10.8. The maximum atomic E-state index is 13.6. The molecule has 1 saturated heterocycles. The van der Waals surface area contributed by atoms with Crippen molar-refractivity contribution in [3.63, 3.8) is 0 Å². The molecule has 0 radical (unpaired) electrons. The van der Waals surface area contributed by atoms with Gasteiger partial charge in [-0.2, -0.15) is 0 Å². The number of ether oxygens (including phenoxy) is 1. The van der Waals surface area contributed by atoms with Crippen LogP contribution in [0.3, 0.4) is 0 Å². The summed E-state index contributed by atoms with van der Waals surface area (Å²) in [5, 5.41) is 0.767. The van der Waals surface area contributed by atoms with Crippen LogP contribution < -0.4 is 4.90 Å². The van der Waals surface area contributed by atoms with Crippen LogP contribution in [-0.4, -0.2) is 67.2 Å². The molecule has 2 heterocycles. The first-order chi connectivity index (χ1) is 15.2. The number of anilines is 1. The van der Waals surface area contributed by atoms with Crippen molar-refractivity contribution in [3.8, 4) is 0 Å². The van der Waals surface area contributed by atoms with Gasteiger partial charge in [0.2, 0.25) is 0 Å². The Morgan fingerprint density at radius 1 is 1.23 bits per heavy atom. The lowest BCUT2D eigenvalue weighted by Gasteiger charge is -2.29. The molecule has 1 aliphatic heterocycles. The first-order valence-electron chi connectivity index (χ1n) is 10.5. The van der Waals surface area contributed by atoms with Crippen molar-refractivity contribution in [3.05, 3.63) is 48.0 Å². The number of rotatable bonds is 8. The molecule has 2 aromatic carbocycles. The fraction of sp³-hybridized carbons (Fsp3) is 0.391. The van der Waals surface area contributed by atoms with E-state index >= 15 is 0 Å². The van der Waals surface area contributed by atoms with Crippen LogP contribution in [-0.2, 0) is 4.74 Å². The number of nitrogens with zero attached hydrogens (tertiary/aromatic N) is 3. The monoisotopic (exact) mass is 473 g/mol. The van der Waals surface area contributed by atoms with Crippen molar-refractivity contribution in [2.75, 3.05) is 56.3 Å². The third-order valence-electron chi connectivity index (χ3n) is 5.20. The Hall–Kier alpha value is -1.58. The van der Waals surface area contributed by atoms with Crippen molar-refractivity contribution >= 4 is 56.1 Å². The van der Waals surface area contributed by atoms with E-state index in [9.17, 15) is 4.79 Å². The fourth-order valence-corrected chi connectivity index (χ4v) is 5.95. The Balaban J connectivity index is 1.65. The van der Waals surface area contributed by atoms with Gasteiger partial charge in [-0.15, -0.1) is 23.5 Å². The summed E-state index contributed by atoms with van der Waals surface area (Å²) in [6.45, 7) is 6.85. The topological polar surface area (TPSA) is 45.7 Å². The van der Waals surface area contributed by atoms with Gasteiger partial charge in [0.05, 0.1) is 23.4 Å². The average Bonchev–Trinajstić information content (AvgIpc) is 3.24. The van der Waals surface area contributed by atoms with Gasteiger partial charge < -0.3 is 4.74 Å². The lowest BCUT2D eigenvalue weighted by atomic mass is 10.2. The smallest absolute Gasteiger partial charge is 0.260 e. The predicted molar refractivity (Wildman–Crippen MR) is 133 cm³/mol. The molecule has 0 atom stereocenters. The predicted octanol–water partition coefficient (Wildman–Crippen LogP) is 5.11. The molecule has 3 aromatic rings. The van der Waals surface area contributed by atoms with Crippen LogP contribution in [0.2, 0.25) is 0 Å². The molecular formula is C23H27N3O2S3. The summed E-state index contributed by atoms with van der Waals surface area (Å²) in [5.41, 5.74) is 1.69. The third-order valence-corrected chi connectivity index (χ3v) is 7.89. The molecule has 4 rings (SSSR count). The van der Waals surface area contributed by atoms with Crippen LogP contribution in [0.5, 0.6) is 0 Å². The van der Waals surface area contributed by atoms with Crippen molar-refractivity contribution in [2.45, 2.75) is 16.7 Å². The van der Waals surface area contributed by atoms with Gasteiger partial charge in [-0.25, -0.2) is 4.98 Å². The SMILES string of the molecule is CCSc1cccc(C(=O)N(CCN2CCOCC2)c2nc3c(SC)cccc3s2)c1. The van der Waals surface area contributed by atoms with Crippen LogP contribution >= 0.6 is 34.9 Å². The Morgan fingerprint density at radius 3 is 2.81 bits per heavy atom. The number of fused-ring (bicyclic) bond motifs is 1. The highest BCUT2D eigenvalue weighted by Crippen LogP contribution is 2.34. The van der Waals surface area contributed by atoms with E-state index in [0.717, 1.165) is 63.7 Å². The Morgan fingerprint density at radius 2 is 2.03 bits per heavy atom. The van der Waals surface area contributed by atoms with Crippen molar-refractivity contribution in [1.82, 2.24) is 9.88 Å². The number of amides is 1. The molecule has 0 spiro atoms. The van der Waals surface area contributed by atoms with Gasteiger partial charge in [-0.3, -0.25) is 14.6 Å². The van der Waals surface area contributed by atoms with Crippen LogP contribution in [0, 0.1) is 0 Å². The van der Waals surface area contributed by atoms with Crippen LogP contribution in [0.15, 0.2) is 52.3 Å². The summed E-state index contributed by atoms with van der Waals surface area (Å²) in [6, 6.07) is 14.2. The van der Waals surface area contributed by atoms with Crippen LogP contribution in [0.4, 0.5) is 5.13 Å². The van der Waals surface area contributed by atoms with Gasteiger partial charge in [-0.1, -0.05) is 30.4 Å². The standard InChI is InChI=1S/C23H27N3O2S3/c1-3-30-18-7-4-6-17(16-18)22(27)26(11-10-25-12-14-28-15-13-25)23-24-21-19(29-2)8-5-9-20(21)31-23/h4-9,16H,3,10-15H2,1-2H3. The zero-order valence-corrected chi connectivity index (χ0v) is 20.3. The summed E-state index contributed by atoms with van der Waals surface area (Å²) >= 11 is 5.03. The largest absolute Gasteiger partial charge is 0.379 e. The minimum Gasteiger partial charge on any atom is -0.379 e. The minimum atomic E-state index is 0.0107. The van der Waals surface area contributed by atoms with Crippen molar-refractivity contribution in [2.24, 2.45) is 0 Å². The Labute approximate surface area is 196 Å². The minimum absolute atomic E-state index is 0.0107. The summed E-state index contributed by atoms with van der Waals surface area (Å²) in [4.78, 5) is 25.0. The highest BCUT2D eigenvalue weighted by molar-refractivity contribution is 7.99. The van der Waals surface area contributed by atoms with Crippen LogP contribution in [0.25, 0.3) is 10.2 Å². The summed E-state index contributed by atoms with van der Waals surface area (Å²) in [6.07, 6.45) is 2.06. The molecule has 164 valence electrons. The number of aromatic nitrogens is 1. The lowest BCUT2D eigenvalue weighted by molar-refractivity contribution is 0.0391. The van der Waals surface area contributed by atoms with E-state index in [1.165, 1.54) is 0 Å². The molecule has 1 aromatic heterocycles. The number of carbonyl (C=O) groups excluding carboxylic acids is 1. The quantitative estimate of drug-likeness (QED) is 0.424. The number of thiazole rings is 1. The number of thioether (sulfide) groups is 2. The van der Waals surface area contributed by atoms with Gasteiger partial charge in [0.25, 0.3) is 5.91 Å². The molecule has 0 saturated carbocycles. The zero-order chi connectivity index (χ0) is 21.6. The van der Waals surface area contributed by atoms with E-state index < -0.39 is 0 Å². The number of para-hydroxylation sites is 1. The van der Waals surface area contributed by atoms with E-state index in [2.05, 4.69) is 42.3 Å². The molecule has 31 heavy (non-hydrogen) atoms. The number of benzene rings is 2. The van der Waals surface area contributed by atoms with Gasteiger partial charge in [0.15, 0.2) is 5.13 Å². The first kappa shape index (κ1) is 22.6. The highest BCUT2D eigenvalue weighted by atomic mass is 32.2. The molecule has 0 bridgehead atoms. The molecule has 1 fully saturated rings. The van der Waals surface area contributed by atoms with E-state index in [4.69, 9.17) is 9.72 Å². The molecule has 0 N–H and O–H groups in total. The Bertz CT molecular complexity index is 1030. The van der Waals surface area contributed by atoms with E-state index in [1.807, 2.05) is 23.1 Å². The lowest BCUT2D eigenvalue weighted by Crippen LogP contribution is -2.43. The van der Waals surface area contributed by atoms with Crippen LogP contribution in [0.1, 0.15) is 17.3 Å². The molecular weight excluding hydrogens is 446 g/mol. The molecule has 1 amide bonds. The average molecular weight is 474 g/mol. The third kappa shape index (κ3) is 5.43. The first-order valence-corrected chi connectivity index (χ1v) is 13.5. The summed E-state index contributed by atoms with van der Waals surface area (Å²) in [7, 11) is 0. The zero-order valence-electron chi connectivity index (χ0n) is 17.9. The second-order valence-corrected chi connectivity index (χ2v) is 10.4. The number of morpholine rings is 1. The second-order valence-electron chi connectivity index (χ2n) is 7.18. The highest BCUT2D eigenvalue weighted by Gasteiger charge is 2.23. The van der Waals surface area contributed by atoms with E-state index in [-0.39, 0.29) is 5.91 Å². The molecule has 0 unspecified atom stereocenters. The van der Waals surface area contributed by atoms with E-state index in [0.29, 0.717) is 12.1 Å². The molecule has 5 nitrogen and oxygen atoms in total. The Kier molecular flexibility index (Phi) is 7.90. The number of carbonyl (C=O) groups is 1. The maximum absolute atomic E-state index is 13.6. The normalized spacial score (nSPS) is 14.8. The van der Waals surface area contributed by atoms with Gasteiger partial charge >= 0.3 is 0 Å². The van der Waals surface area contributed by atoms with Gasteiger partial charge in [0, 0.05) is 41.5 Å². The van der Waals surface area contributed by atoms with Gasteiger partial charge in [-0.05, 0) is 42.3 Å². The van der Waals surface area contributed by atoms with E-state index in [1.54, 1.807) is 34.9 Å². The van der Waals surface area contributed by atoms with Crippen molar-refractivity contribution < 1.29 is 9.53 Å². The van der Waals surface area contributed by atoms with Crippen molar-refractivity contribution in [1.29, 1.82) is 0 Å². The molecule has 0 aliphatic carbocycles. The maximum Gasteiger partial charge on any atom is 0.260 e. The van der Waals surface area contributed by atoms with Gasteiger partial charge in [0.1, 0.15) is 0 Å². The molecule has 1 aliphatic rings. The molecule has 8 heteroatoms. The number of hydrogen-bond acceptors (Lipinski definition) is 7. The summed E-state index contributed by atoms with van der Waals surface area (Å²) in [5.74, 6) is 0.991. The summed E-state index contributed by atoms with van der Waals surface area (Å²) < 4.78 is 6.58. The fourth-order valence-electron chi connectivity index (χ4n) is 3.58. The number of hydrogen-bond donors (Lipinski definition) is 0.